The summed E-state index contributed by atoms with van der Waals surface area (Å²) in [6.07, 6.45) is 3.50. The molecule has 1 saturated heterocycles. The van der Waals surface area contributed by atoms with Crippen molar-refractivity contribution in [3.8, 4) is 0 Å². The van der Waals surface area contributed by atoms with Gasteiger partial charge in [0.25, 0.3) is 0 Å². The molecule has 0 aliphatic carbocycles. The molecule has 1 aromatic carbocycles. The summed E-state index contributed by atoms with van der Waals surface area (Å²) in [5.41, 5.74) is 1.33. The molecule has 3 heteroatoms. The van der Waals surface area contributed by atoms with E-state index in [-0.39, 0.29) is 0 Å². The second-order valence-electron chi connectivity index (χ2n) is 5.02. The monoisotopic (exact) mass is 267 g/mol. The van der Waals surface area contributed by atoms with Gasteiger partial charge >= 0.3 is 0 Å². The van der Waals surface area contributed by atoms with Gasteiger partial charge < -0.3 is 10.1 Å². The molecule has 18 heavy (non-hydrogen) atoms. The molecule has 2 nitrogen and oxygen atoms in total. The van der Waals surface area contributed by atoms with Gasteiger partial charge in [-0.15, -0.1) is 0 Å². The third-order valence-electron chi connectivity index (χ3n) is 3.51. The van der Waals surface area contributed by atoms with Crippen molar-refractivity contribution in [3.63, 3.8) is 0 Å². The van der Waals surface area contributed by atoms with Gasteiger partial charge in [-0.3, -0.25) is 0 Å². The van der Waals surface area contributed by atoms with Crippen molar-refractivity contribution >= 4 is 11.6 Å². The number of rotatable bonds is 6. The highest BCUT2D eigenvalue weighted by atomic mass is 35.5. The van der Waals surface area contributed by atoms with Gasteiger partial charge in [-0.25, -0.2) is 0 Å². The molecule has 1 aliphatic rings. The molecule has 1 aliphatic heterocycles. The third-order valence-corrected chi connectivity index (χ3v) is 3.76. The second kappa shape index (κ2) is 7.13. The molecule has 1 fully saturated rings. The highest BCUT2D eigenvalue weighted by Gasteiger charge is 2.21. The Morgan fingerprint density at radius 2 is 2.17 bits per heavy atom. The summed E-state index contributed by atoms with van der Waals surface area (Å²) in [5, 5.41) is 4.44. The van der Waals surface area contributed by atoms with Crippen LogP contribution in [0.3, 0.4) is 0 Å². The van der Waals surface area contributed by atoms with Gasteiger partial charge in [0.1, 0.15) is 0 Å². The molecule has 0 spiro atoms. The molecule has 0 radical (unpaired) electrons. The van der Waals surface area contributed by atoms with Crippen LogP contribution in [-0.2, 0) is 4.74 Å². The standard InChI is InChI=1S/C15H22ClNO/c1-2-8-17-15(10-12-7-9-18-11-12)13-3-5-14(16)6-4-13/h3-6,12,15,17H,2,7-11H2,1H3. The fourth-order valence-electron chi connectivity index (χ4n) is 2.45. The molecule has 1 aromatic rings. The smallest absolute Gasteiger partial charge is 0.0495 e. The Balaban J connectivity index is 2.00. The Morgan fingerprint density at radius 1 is 1.39 bits per heavy atom. The predicted molar refractivity (Wildman–Crippen MR) is 76.0 cm³/mol. The number of ether oxygens (including phenoxy) is 1. The molecule has 100 valence electrons. The minimum atomic E-state index is 0.425. The SMILES string of the molecule is CCCNC(CC1CCOC1)c1ccc(Cl)cc1. The minimum Gasteiger partial charge on any atom is -0.381 e. The van der Waals surface area contributed by atoms with Crippen molar-refractivity contribution in [2.24, 2.45) is 5.92 Å². The van der Waals surface area contributed by atoms with Crippen molar-refractivity contribution in [3.05, 3.63) is 34.9 Å². The zero-order chi connectivity index (χ0) is 12.8. The van der Waals surface area contributed by atoms with Crippen molar-refractivity contribution < 1.29 is 4.74 Å². The molecule has 0 amide bonds. The van der Waals surface area contributed by atoms with Gasteiger partial charge in [0.15, 0.2) is 0 Å². The van der Waals surface area contributed by atoms with E-state index in [1.165, 1.54) is 12.0 Å². The van der Waals surface area contributed by atoms with Crippen molar-refractivity contribution in [2.75, 3.05) is 19.8 Å². The van der Waals surface area contributed by atoms with Crippen LogP contribution in [0.15, 0.2) is 24.3 Å². The number of nitrogens with one attached hydrogen (secondary N) is 1. The summed E-state index contributed by atoms with van der Waals surface area (Å²) in [4.78, 5) is 0. The number of hydrogen-bond acceptors (Lipinski definition) is 2. The molecule has 2 rings (SSSR count). The Labute approximate surface area is 115 Å². The zero-order valence-corrected chi connectivity index (χ0v) is 11.7. The van der Waals surface area contributed by atoms with Gasteiger partial charge in [-0.2, -0.15) is 0 Å². The fraction of sp³-hybridized carbons (Fsp3) is 0.600. The van der Waals surface area contributed by atoms with Crippen LogP contribution < -0.4 is 5.32 Å². The van der Waals surface area contributed by atoms with Gasteiger partial charge in [-0.05, 0) is 49.4 Å². The summed E-state index contributed by atoms with van der Waals surface area (Å²) in [6, 6.07) is 8.64. The van der Waals surface area contributed by atoms with E-state index in [1.807, 2.05) is 12.1 Å². The molecule has 2 atom stereocenters. The quantitative estimate of drug-likeness (QED) is 0.846. The van der Waals surface area contributed by atoms with Gasteiger partial charge in [0, 0.05) is 24.3 Å². The second-order valence-corrected chi connectivity index (χ2v) is 5.46. The topological polar surface area (TPSA) is 21.3 Å². The van der Waals surface area contributed by atoms with Crippen LogP contribution in [0.25, 0.3) is 0 Å². The van der Waals surface area contributed by atoms with E-state index in [0.29, 0.717) is 12.0 Å². The molecule has 0 bridgehead atoms. The van der Waals surface area contributed by atoms with Gasteiger partial charge in [-0.1, -0.05) is 30.7 Å². The zero-order valence-electron chi connectivity index (χ0n) is 11.0. The number of hydrogen-bond donors (Lipinski definition) is 1. The van der Waals surface area contributed by atoms with E-state index in [2.05, 4.69) is 24.4 Å². The fourth-order valence-corrected chi connectivity index (χ4v) is 2.58. The van der Waals surface area contributed by atoms with Crippen molar-refractivity contribution in [1.82, 2.24) is 5.32 Å². The summed E-state index contributed by atoms with van der Waals surface area (Å²) in [7, 11) is 0. The van der Waals surface area contributed by atoms with Crippen LogP contribution in [0.2, 0.25) is 5.02 Å². The van der Waals surface area contributed by atoms with Crippen molar-refractivity contribution in [1.29, 1.82) is 0 Å². The third kappa shape index (κ3) is 3.98. The first-order chi connectivity index (χ1) is 8.79. The lowest BCUT2D eigenvalue weighted by Gasteiger charge is -2.22. The van der Waals surface area contributed by atoms with Crippen LogP contribution >= 0.6 is 11.6 Å². The van der Waals surface area contributed by atoms with E-state index in [1.54, 1.807) is 0 Å². The molecular weight excluding hydrogens is 246 g/mol. The summed E-state index contributed by atoms with van der Waals surface area (Å²) >= 11 is 5.95. The summed E-state index contributed by atoms with van der Waals surface area (Å²) < 4.78 is 5.47. The average Bonchev–Trinajstić information content (AvgIpc) is 2.88. The molecular formula is C15H22ClNO. The normalized spacial score (nSPS) is 21.1. The van der Waals surface area contributed by atoms with E-state index >= 15 is 0 Å². The van der Waals surface area contributed by atoms with Crippen LogP contribution in [0.1, 0.15) is 37.8 Å². The van der Waals surface area contributed by atoms with E-state index < -0.39 is 0 Å². The average molecular weight is 268 g/mol. The molecule has 0 aromatic heterocycles. The minimum absolute atomic E-state index is 0.425. The first-order valence-electron chi connectivity index (χ1n) is 6.86. The first kappa shape index (κ1) is 13.9. The number of benzene rings is 1. The maximum atomic E-state index is 5.95. The molecule has 0 saturated carbocycles. The Bertz CT molecular complexity index is 346. The highest BCUT2D eigenvalue weighted by molar-refractivity contribution is 6.30. The van der Waals surface area contributed by atoms with Crippen LogP contribution in [0.4, 0.5) is 0 Å². The summed E-state index contributed by atoms with van der Waals surface area (Å²) in [6.45, 7) is 5.09. The Hall–Kier alpha value is -0.570. The van der Waals surface area contributed by atoms with Crippen LogP contribution in [-0.4, -0.2) is 19.8 Å². The van der Waals surface area contributed by atoms with Gasteiger partial charge in [0.05, 0.1) is 0 Å². The van der Waals surface area contributed by atoms with Crippen LogP contribution in [0.5, 0.6) is 0 Å². The molecule has 2 unspecified atom stereocenters. The lowest BCUT2D eigenvalue weighted by atomic mass is 9.94. The maximum Gasteiger partial charge on any atom is 0.0495 e. The largest absolute Gasteiger partial charge is 0.381 e. The predicted octanol–water partition coefficient (Wildman–Crippen LogP) is 3.81. The Kier molecular flexibility index (Phi) is 5.48. The van der Waals surface area contributed by atoms with E-state index in [4.69, 9.17) is 16.3 Å². The highest BCUT2D eigenvalue weighted by Crippen LogP contribution is 2.27. The molecule has 1 heterocycles. The summed E-state index contributed by atoms with van der Waals surface area (Å²) in [5.74, 6) is 0.690. The molecule has 1 N–H and O–H groups in total. The van der Waals surface area contributed by atoms with E-state index in [0.717, 1.165) is 37.6 Å². The Morgan fingerprint density at radius 3 is 2.78 bits per heavy atom. The lowest BCUT2D eigenvalue weighted by molar-refractivity contribution is 0.181. The van der Waals surface area contributed by atoms with Gasteiger partial charge in [0.2, 0.25) is 0 Å². The first-order valence-corrected chi connectivity index (χ1v) is 7.24. The lowest BCUT2D eigenvalue weighted by Crippen LogP contribution is -2.24. The number of halogens is 1. The van der Waals surface area contributed by atoms with Crippen LogP contribution in [0, 0.1) is 5.92 Å². The van der Waals surface area contributed by atoms with Crippen molar-refractivity contribution in [2.45, 2.75) is 32.2 Å². The van der Waals surface area contributed by atoms with E-state index in [9.17, 15) is 0 Å². The maximum absolute atomic E-state index is 5.95.